The minimum Gasteiger partial charge on any atom is -0.488 e. The average molecular weight is 446 g/mol. The topological polar surface area (TPSA) is 71.8 Å². The number of aliphatic carboxylic acids is 1. The Balaban J connectivity index is 1.45. The Kier molecular flexibility index (Phi) is 5.53. The fourth-order valence-corrected chi connectivity index (χ4v) is 4.25. The van der Waals surface area contributed by atoms with E-state index in [0.717, 1.165) is 33.8 Å². The number of carboxylic acids is 1. The Hall–Kier alpha value is -3.20. The normalized spacial score (nSPS) is 15.2. The maximum atomic E-state index is 12.7. The molecule has 0 radical (unpaired) electrons. The molecule has 1 N–H and O–H groups in total. The standard InChI is InChI=1S/C22H17F3N2O3S/c1-12-19(31-21(27-12)13-2-4-15(5-3-13)22(23,24)25)11-30-16-6-7-17-14(8-16)10-26-18(17)9-20(28)29/h2-8,10,18H,9,11H2,1H3,(H,28,29). The molecule has 1 unspecified atom stereocenters. The Morgan fingerprint density at radius 1 is 1.19 bits per heavy atom. The van der Waals surface area contributed by atoms with Gasteiger partial charge in [-0.15, -0.1) is 11.3 Å². The van der Waals surface area contributed by atoms with Crippen molar-refractivity contribution in [2.45, 2.75) is 32.2 Å². The van der Waals surface area contributed by atoms with E-state index in [2.05, 4.69) is 9.98 Å². The Labute approximate surface area is 179 Å². The number of aryl methyl sites for hydroxylation is 1. The zero-order valence-corrected chi connectivity index (χ0v) is 17.1. The number of aromatic nitrogens is 1. The Morgan fingerprint density at radius 3 is 2.61 bits per heavy atom. The number of thiazole rings is 1. The van der Waals surface area contributed by atoms with Crippen LogP contribution in [-0.4, -0.2) is 22.3 Å². The number of alkyl halides is 3. The van der Waals surface area contributed by atoms with Gasteiger partial charge < -0.3 is 9.84 Å². The van der Waals surface area contributed by atoms with Crippen molar-refractivity contribution in [3.05, 3.63) is 69.7 Å². The maximum Gasteiger partial charge on any atom is 0.416 e. The minimum atomic E-state index is -4.37. The van der Waals surface area contributed by atoms with Crippen LogP contribution in [0.3, 0.4) is 0 Å². The molecule has 0 saturated heterocycles. The van der Waals surface area contributed by atoms with E-state index in [1.807, 2.05) is 19.1 Å². The second-order valence-electron chi connectivity index (χ2n) is 7.07. The monoisotopic (exact) mass is 446 g/mol. The van der Waals surface area contributed by atoms with E-state index >= 15 is 0 Å². The van der Waals surface area contributed by atoms with Crippen molar-refractivity contribution in [2.75, 3.05) is 0 Å². The Bertz CT molecular complexity index is 1150. The minimum absolute atomic E-state index is 0.0590. The summed E-state index contributed by atoms with van der Waals surface area (Å²) in [5, 5.41) is 9.60. The number of hydrogen-bond donors (Lipinski definition) is 1. The molecule has 2 heterocycles. The summed E-state index contributed by atoms with van der Waals surface area (Å²) in [4.78, 5) is 20.5. The summed E-state index contributed by atoms with van der Waals surface area (Å²) < 4.78 is 44.1. The van der Waals surface area contributed by atoms with Crippen LogP contribution in [0.2, 0.25) is 0 Å². The van der Waals surface area contributed by atoms with E-state index in [-0.39, 0.29) is 19.1 Å². The highest BCUT2D eigenvalue weighted by atomic mass is 32.1. The van der Waals surface area contributed by atoms with Crippen molar-refractivity contribution in [1.82, 2.24) is 4.98 Å². The highest BCUT2D eigenvalue weighted by molar-refractivity contribution is 7.15. The molecule has 0 fully saturated rings. The zero-order valence-electron chi connectivity index (χ0n) is 16.3. The molecule has 9 heteroatoms. The van der Waals surface area contributed by atoms with Gasteiger partial charge in [0.25, 0.3) is 0 Å². The highest BCUT2D eigenvalue weighted by Gasteiger charge is 2.30. The van der Waals surface area contributed by atoms with E-state index in [9.17, 15) is 18.0 Å². The summed E-state index contributed by atoms with van der Waals surface area (Å²) in [6.07, 6.45) is -2.78. The third-order valence-corrected chi connectivity index (χ3v) is 6.08. The average Bonchev–Trinajstić information content (AvgIpc) is 3.28. The van der Waals surface area contributed by atoms with Crippen molar-refractivity contribution < 1.29 is 27.8 Å². The lowest BCUT2D eigenvalue weighted by Gasteiger charge is -2.09. The van der Waals surface area contributed by atoms with E-state index in [1.54, 1.807) is 12.3 Å². The van der Waals surface area contributed by atoms with Crippen molar-refractivity contribution in [3.8, 4) is 16.3 Å². The molecule has 4 rings (SSSR count). The van der Waals surface area contributed by atoms with Crippen molar-refractivity contribution >= 4 is 23.5 Å². The SMILES string of the molecule is Cc1nc(-c2ccc(C(F)(F)F)cc2)sc1COc1ccc2c(c1)C=NC2CC(=O)O. The van der Waals surface area contributed by atoms with E-state index in [4.69, 9.17) is 9.84 Å². The van der Waals surface area contributed by atoms with Crippen LogP contribution < -0.4 is 4.74 Å². The number of benzene rings is 2. The van der Waals surface area contributed by atoms with Crippen LogP contribution in [-0.2, 0) is 17.6 Å². The first-order chi connectivity index (χ1) is 14.7. The molecule has 0 amide bonds. The van der Waals surface area contributed by atoms with Gasteiger partial charge in [-0.05, 0) is 36.8 Å². The van der Waals surface area contributed by atoms with Gasteiger partial charge in [-0.1, -0.05) is 18.2 Å². The lowest BCUT2D eigenvalue weighted by Crippen LogP contribution is -2.03. The molecule has 0 saturated carbocycles. The number of ether oxygens (including phenoxy) is 1. The molecule has 0 bridgehead atoms. The molecule has 2 aromatic carbocycles. The number of rotatable bonds is 6. The molecule has 160 valence electrons. The van der Waals surface area contributed by atoms with Gasteiger partial charge in [0.15, 0.2) is 0 Å². The third-order valence-electron chi connectivity index (χ3n) is 4.90. The fourth-order valence-electron chi connectivity index (χ4n) is 3.27. The van der Waals surface area contributed by atoms with Crippen molar-refractivity contribution in [1.29, 1.82) is 0 Å². The lowest BCUT2D eigenvalue weighted by molar-refractivity contribution is -0.138. The van der Waals surface area contributed by atoms with Gasteiger partial charge in [-0.25, -0.2) is 4.98 Å². The molecule has 1 aromatic heterocycles. The molecule has 1 aliphatic rings. The molecular weight excluding hydrogens is 429 g/mol. The number of halogens is 3. The van der Waals surface area contributed by atoms with Gasteiger partial charge in [0.1, 0.15) is 17.4 Å². The van der Waals surface area contributed by atoms with E-state index < -0.39 is 17.7 Å². The van der Waals surface area contributed by atoms with Crippen LogP contribution in [0.1, 0.15) is 39.7 Å². The van der Waals surface area contributed by atoms with Crippen LogP contribution >= 0.6 is 11.3 Å². The van der Waals surface area contributed by atoms with Crippen LogP contribution in [0.4, 0.5) is 13.2 Å². The molecule has 0 spiro atoms. The Morgan fingerprint density at radius 2 is 1.94 bits per heavy atom. The molecule has 1 atom stereocenters. The van der Waals surface area contributed by atoms with Gasteiger partial charge in [0.2, 0.25) is 0 Å². The largest absolute Gasteiger partial charge is 0.488 e. The van der Waals surface area contributed by atoms with Gasteiger partial charge in [0.05, 0.1) is 28.6 Å². The summed E-state index contributed by atoms with van der Waals surface area (Å²) in [5.41, 5.74) is 2.36. The fraction of sp³-hybridized carbons (Fsp3) is 0.227. The summed E-state index contributed by atoms with van der Waals surface area (Å²) in [7, 11) is 0. The number of nitrogens with zero attached hydrogens (tertiary/aromatic N) is 2. The second kappa shape index (κ2) is 8.14. The number of carbonyl (C=O) groups is 1. The van der Waals surface area contributed by atoms with E-state index in [1.165, 1.54) is 23.5 Å². The molecule has 31 heavy (non-hydrogen) atoms. The predicted molar refractivity (Wildman–Crippen MR) is 111 cm³/mol. The zero-order chi connectivity index (χ0) is 22.2. The smallest absolute Gasteiger partial charge is 0.416 e. The van der Waals surface area contributed by atoms with Crippen LogP contribution in [0.25, 0.3) is 10.6 Å². The second-order valence-corrected chi connectivity index (χ2v) is 8.16. The first kappa shape index (κ1) is 21.0. The quantitative estimate of drug-likeness (QED) is 0.530. The third kappa shape index (κ3) is 4.61. The molecule has 0 aliphatic carbocycles. The van der Waals surface area contributed by atoms with Crippen molar-refractivity contribution in [2.24, 2.45) is 4.99 Å². The van der Waals surface area contributed by atoms with Crippen LogP contribution in [0.15, 0.2) is 47.5 Å². The lowest BCUT2D eigenvalue weighted by atomic mass is 10.0. The predicted octanol–water partition coefficient (Wildman–Crippen LogP) is 5.66. The molecule has 3 aromatic rings. The molecule has 1 aliphatic heterocycles. The van der Waals surface area contributed by atoms with E-state index in [0.29, 0.717) is 16.3 Å². The summed E-state index contributed by atoms with van der Waals surface area (Å²) in [6, 6.07) is 9.95. The van der Waals surface area contributed by atoms with Gasteiger partial charge in [0, 0.05) is 17.3 Å². The van der Waals surface area contributed by atoms with Crippen LogP contribution in [0.5, 0.6) is 5.75 Å². The van der Waals surface area contributed by atoms with Gasteiger partial charge >= 0.3 is 12.1 Å². The number of aliphatic imine (C=N–C) groups is 1. The summed E-state index contributed by atoms with van der Waals surface area (Å²) in [6.45, 7) is 2.09. The maximum absolute atomic E-state index is 12.7. The first-order valence-electron chi connectivity index (χ1n) is 9.36. The van der Waals surface area contributed by atoms with Gasteiger partial charge in [-0.2, -0.15) is 13.2 Å². The number of carboxylic acid groups (broad SMARTS) is 1. The summed E-state index contributed by atoms with van der Waals surface area (Å²) in [5.74, 6) is -0.287. The molecular formula is C22H17F3N2O3S. The number of hydrogen-bond acceptors (Lipinski definition) is 5. The van der Waals surface area contributed by atoms with Gasteiger partial charge in [-0.3, -0.25) is 9.79 Å². The van der Waals surface area contributed by atoms with Crippen LogP contribution in [0, 0.1) is 6.92 Å². The molecule has 5 nitrogen and oxygen atoms in total. The van der Waals surface area contributed by atoms with Crippen molar-refractivity contribution in [3.63, 3.8) is 0 Å². The highest BCUT2D eigenvalue weighted by Crippen LogP contribution is 2.34. The summed E-state index contributed by atoms with van der Waals surface area (Å²) >= 11 is 1.37. The first-order valence-corrected chi connectivity index (χ1v) is 10.2. The number of fused-ring (bicyclic) bond motifs is 1.